The predicted molar refractivity (Wildman–Crippen MR) is 79.7 cm³/mol. The lowest BCUT2D eigenvalue weighted by Gasteiger charge is -2.32. The Hall–Kier alpha value is -0.960. The van der Waals surface area contributed by atoms with Gasteiger partial charge >= 0.3 is 5.97 Å². The van der Waals surface area contributed by atoms with Crippen molar-refractivity contribution in [3.8, 4) is 0 Å². The number of carboxylic acids is 1. The van der Waals surface area contributed by atoms with Crippen LogP contribution in [0.15, 0.2) is 23.1 Å². The van der Waals surface area contributed by atoms with Crippen molar-refractivity contribution < 1.29 is 9.90 Å². The summed E-state index contributed by atoms with van der Waals surface area (Å²) in [5.74, 6) is -0.186. The molecule has 19 heavy (non-hydrogen) atoms. The number of carboxylic acid groups (broad SMARTS) is 1. The van der Waals surface area contributed by atoms with E-state index < -0.39 is 5.97 Å². The first-order chi connectivity index (χ1) is 8.97. The number of benzene rings is 1. The van der Waals surface area contributed by atoms with Crippen LogP contribution in [-0.2, 0) is 4.79 Å². The zero-order chi connectivity index (χ0) is 14.0. The smallest absolute Gasteiger partial charge is 0.307 e. The molecule has 3 unspecified atom stereocenters. The summed E-state index contributed by atoms with van der Waals surface area (Å²) in [5.41, 5.74) is 2.49. The topological polar surface area (TPSA) is 37.3 Å². The third-order valence-electron chi connectivity index (χ3n) is 3.99. The molecular formula is C16H22O2S. The van der Waals surface area contributed by atoms with Crippen LogP contribution in [0.4, 0.5) is 0 Å². The van der Waals surface area contributed by atoms with Crippen LogP contribution < -0.4 is 0 Å². The molecule has 1 saturated carbocycles. The molecule has 2 rings (SSSR count). The highest BCUT2D eigenvalue weighted by Gasteiger charge is 2.34. The van der Waals surface area contributed by atoms with E-state index in [1.807, 2.05) is 0 Å². The van der Waals surface area contributed by atoms with Crippen molar-refractivity contribution in [1.29, 1.82) is 0 Å². The van der Waals surface area contributed by atoms with E-state index >= 15 is 0 Å². The minimum atomic E-state index is -0.630. The predicted octanol–water partition coefficient (Wildman–Crippen LogP) is 4.28. The number of aryl methyl sites for hydroxylation is 2. The van der Waals surface area contributed by atoms with E-state index in [2.05, 4.69) is 39.0 Å². The van der Waals surface area contributed by atoms with E-state index in [-0.39, 0.29) is 11.2 Å². The highest BCUT2D eigenvalue weighted by molar-refractivity contribution is 8.00. The minimum Gasteiger partial charge on any atom is -0.481 e. The molecule has 3 atom stereocenters. The number of hydrogen-bond donors (Lipinski definition) is 1. The van der Waals surface area contributed by atoms with Gasteiger partial charge < -0.3 is 5.11 Å². The van der Waals surface area contributed by atoms with Gasteiger partial charge in [-0.3, -0.25) is 4.79 Å². The van der Waals surface area contributed by atoms with Gasteiger partial charge in [-0.25, -0.2) is 0 Å². The van der Waals surface area contributed by atoms with E-state index in [0.29, 0.717) is 5.92 Å². The van der Waals surface area contributed by atoms with Crippen LogP contribution in [-0.4, -0.2) is 16.3 Å². The molecule has 0 saturated heterocycles. The van der Waals surface area contributed by atoms with Crippen molar-refractivity contribution in [3.05, 3.63) is 29.3 Å². The first-order valence-corrected chi connectivity index (χ1v) is 7.82. The van der Waals surface area contributed by atoms with E-state index in [4.69, 9.17) is 0 Å². The molecule has 1 aromatic rings. The third-order valence-corrected chi connectivity index (χ3v) is 5.51. The van der Waals surface area contributed by atoms with Crippen LogP contribution in [0.2, 0.25) is 0 Å². The molecule has 0 bridgehead atoms. The van der Waals surface area contributed by atoms with Crippen molar-refractivity contribution in [1.82, 2.24) is 0 Å². The third kappa shape index (κ3) is 3.53. The van der Waals surface area contributed by atoms with Crippen LogP contribution in [0.3, 0.4) is 0 Å². The monoisotopic (exact) mass is 278 g/mol. The number of aliphatic carboxylic acids is 1. The fourth-order valence-electron chi connectivity index (χ4n) is 2.74. The highest BCUT2D eigenvalue weighted by Crippen LogP contribution is 2.41. The van der Waals surface area contributed by atoms with Crippen molar-refractivity contribution >= 4 is 17.7 Å². The van der Waals surface area contributed by atoms with Gasteiger partial charge in [-0.05, 0) is 50.7 Å². The first-order valence-electron chi connectivity index (χ1n) is 6.94. The lowest BCUT2D eigenvalue weighted by Crippen LogP contribution is -2.32. The maximum Gasteiger partial charge on any atom is 0.307 e. The summed E-state index contributed by atoms with van der Waals surface area (Å²) in [4.78, 5) is 12.6. The second kappa shape index (κ2) is 6.00. The summed E-state index contributed by atoms with van der Waals surface area (Å²) in [6, 6.07) is 6.41. The molecule has 2 nitrogen and oxygen atoms in total. The zero-order valence-electron chi connectivity index (χ0n) is 11.8. The van der Waals surface area contributed by atoms with Crippen molar-refractivity contribution in [2.24, 2.45) is 11.8 Å². The number of rotatable bonds is 3. The second-order valence-corrected chi connectivity index (χ2v) is 7.07. The van der Waals surface area contributed by atoms with E-state index in [0.717, 1.165) is 19.3 Å². The van der Waals surface area contributed by atoms with Crippen LogP contribution >= 0.6 is 11.8 Å². The number of hydrogen-bond acceptors (Lipinski definition) is 2. The van der Waals surface area contributed by atoms with Gasteiger partial charge in [0.05, 0.1) is 5.92 Å². The maximum absolute atomic E-state index is 11.4. The first kappa shape index (κ1) is 14.4. The summed E-state index contributed by atoms with van der Waals surface area (Å²) < 4.78 is 0. The van der Waals surface area contributed by atoms with Gasteiger partial charge in [0.2, 0.25) is 0 Å². The summed E-state index contributed by atoms with van der Waals surface area (Å²) in [7, 11) is 0. The molecule has 104 valence electrons. The molecule has 0 heterocycles. The summed E-state index contributed by atoms with van der Waals surface area (Å²) in [6.07, 6.45) is 2.87. The molecule has 0 aromatic heterocycles. The van der Waals surface area contributed by atoms with Crippen LogP contribution in [0.1, 0.15) is 37.3 Å². The Morgan fingerprint density at radius 2 is 2.05 bits per heavy atom. The van der Waals surface area contributed by atoms with Gasteiger partial charge in [-0.15, -0.1) is 11.8 Å². The summed E-state index contributed by atoms with van der Waals surface area (Å²) >= 11 is 1.76. The molecule has 0 aliphatic heterocycles. The molecule has 0 spiro atoms. The zero-order valence-corrected chi connectivity index (χ0v) is 12.7. The lowest BCUT2D eigenvalue weighted by atomic mass is 9.82. The van der Waals surface area contributed by atoms with Crippen LogP contribution in [0, 0.1) is 25.7 Å². The molecule has 1 aliphatic rings. The molecule has 1 N–H and O–H groups in total. The molecule has 1 fully saturated rings. The van der Waals surface area contributed by atoms with Gasteiger partial charge in [0.15, 0.2) is 0 Å². The van der Waals surface area contributed by atoms with Crippen molar-refractivity contribution in [2.45, 2.75) is 50.2 Å². The van der Waals surface area contributed by atoms with Gasteiger partial charge in [0.1, 0.15) is 0 Å². The molecule has 1 aliphatic carbocycles. The Morgan fingerprint density at radius 1 is 1.32 bits per heavy atom. The van der Waals surface area contributed by atoms with E-state index in [9.17, 15) is 9.90 Å². The quantitative estimate of drug-likeness (QED) is 0.896. The van der Waals surface area contributed by atoms with E-state index in [1.54, 1.807) is 11.8 Å². The minimum absolute atomic E-state index is 0.193. The molecular weight excluding hydrogens is 256 g/mol. The second-order valence-electron chi connectivity index (χ2n) is 5.79. The fraction of sp³-hybridized carbons (Fsp3) is 0.562. The van der Waals surface area contributed by atoms with E-state index in [1.165, 1.54) is 16.0 Å². The van der Waals surface area contributed by atoms with Crippen molar-refractivity contribution in [2.75, 3.05) is 0 Å². The molecule has 1 aromatic carbocycles. The lowest BCUT2D eigenvalue weighted by molar-refractivity contribution is -0.142. The Morgan fingerprint density at radius 3 is 2.74 bits per heavy atom. The molecule has 3 heteroatoms. The van der Waals surface area contributed by atoms with Crippen molar-refractivity contribution in [3.63, 3.8) is 0 Å². The molecule has 0 amide bonds. The van der Waals surface area contributed by atoms with Gasteiger partial charge in [0, 0.05) is 10.1 Å². The average Bonchev–Trinajstić information content (AvgIpc) is 2.33. The Balaban J connectivity index is 2.18. The standard InChI is InChI=1S/C16H22O2S/c1-10-4-6-12(3)14(8-10)19-15-9-11(2)5-7-13(15)16(17)18/h4,6,8,11,13,15H,5,7,9H2,1-3H3,(H,17,18). The average molecular weight is 278 g/mol. The van der Waals surface area contributed by atoms with Gasteiger partial charge in [-0.2, -0.15) is 0 Å². The van der Waals surface area contributed by atoms with Crippen LogP contribution in [0.5, 0.6) is 0 Å². The van der Waals surface area contributed by atoms with Crippen LogP contribution in [0.25, 0.3) is 0 Å². The molecule has 0 radical (unpaired) electrons. The number of thioether (sulfide) groups is 1. The highest BCUT2D eigenvalue weighted by atomic mass is 32.2. The Kier molecular flexibility index (Phi) is 4.56. The normalized spacial score (nSPS) is 27.2. The maximum atomic E-state index is 11.4. The SMILES string of the molecule is Cc1ccc(C)c(SC2CC(C)CCC2C(=O)O)c1. The van der Waals surface area contributed by atoms with Gasteiger partial charge in [0.25, 0.3) is 0 Å². The summed E-state index contributed by atoms with van der Waals surface area (Å²) in [6.45, 7) is 6.42. The fourth-order valence-corrected chi connectivity index (χ4v) is 4.41. The largest absolute Gasteiger partial charge is 0.481 e. The Labute approximate surface area is 119 Å². The van der Waals surface area contributed by atoms with Gasteiger partial charge in [-0.1, -0.05) is 24.6 Å². The Bertz CT molecular complexity index is 470. The number of carbonyl (C=O) groups is 1. The summed E-state index contributed by atoms with van der Waals surface area (Å²) in [5, 5.41) is 9.59.